The first kappa shape index (κ1) is 24.0. The van der Waals surface area contributed by atoms with Crippen molar-refractivity contribution in [1.82, 2.24) is 0 Å². The van der Waals surface area contributed by atoms with Crippen LogP contribution in [0.1, 0.15) is 113 Å². The fraction of sp³-hybridized carbons (Fsp3) is 0.741. The molecule has 29 heavy (non-hydrogen) atoms. The predicted molar refractivity (Wildman–Crippen MR) is 124 cm³/mol. The van der Waals surface area contributed by atoms with Crippen LogP contribution in [0.15, 0.2) is 6.07 Å². The number of carbonyl (C=O) groups is 1. The van der Waals surface area contributed by atoms with E-state index in [0.717, 1.165) is 32.1 Å². The summed E-state index contributed by atoms with van der Waals surface area (Å²) < 4.78 is 5.27. The summed E-state index contributed by atoms with van der Waals surface area (Å²) in [6.45, 7) is 14.6. The molecular weight excluding hydrogens is 356 g/mol. The molecule has 2 rings (SSSR count). The van der Waals surface area contributed by atoms with Crippen LogP contribution in [0.3, 0.4) is 0 Å². The molecule has 0 atom stereocenters. The lowest BCUT2D eigenvalue weighted by Gasteiger charge is -2.18. The number of ether oxygens (including phenoxy) is 1. The summed E-state index contributed by atoms with van der Waals surface area (Å²) in [4.78, 5) is 10.6. The summed E-state index contributed by atoms with van der Waals surface area (Å²) in [7, 11) is 0. The molecule has 1 saturated carbocycles. The van der Waals surface area contributed by atoms with E-state index in [1.807, 2.05) is 0 Å². The van der Waals surface area contributed by atoms with Gasteiger partial charge in [0.15, 0.2) is 0 Å². The average molecular weight is 401 g/mol. The number of unbranched alkanes of at least 4 members (excludes halogenated alkanes) is 4. The van der Waals surface area contributed by atoms with E-state index in [1.165, 1.54) is 67.2 Å². The van der Waals surface area contributed by atoms with Crippen LogP contribution >= 0.6 is 0 Å². The van der Waals surface area contributed by atoms with Gasteiger partial charge in [-0.1, -0.05) is 46.1 Å². The Bertz CT molecular complexity index is 662. The van der Waals surface area contributed by atoms with Crippen LogP contribution in [0.5, 0.6) is 0 Å². The normalized spacial score (nSPS) is 15.4. The first-order valence-corrected chi connectivity index (χ1v) is 11.9. The number of aryl methyl sites for hydroxylation is 2. The van der Waals surface area contributed by atoms with Gasteiger partial charge < -0.3 is 4.74 Å². The molecule has 0 unspecified atom stereocenters. The monoisotopic (exact) mass is 400 g/mol. The highest BCUT2D eigenvalue weighted by atomic mass is 16.5. The Hall–Kier alpha value is -1.31. The largest absolute Gasteiger partial charge is 0.461 e. The van der Waals surface area contributed by atoms with Crippen molar-refractivity contribution in [3.05, 3.63) is 33.9 Å². The molecule has 0 spiro atoms. The van der Waals surface area contributed by atoms with E-state index in [4.69, 9.17) is 4.74 Å². The van der Waals surface area contributed by atoms with Gasteiger partial charge in [0.1, 0.15) is 5.60 Å². The zero-order valence-electron chi connectivity index (χ0n) is 20.0. The van der Waals surface area contributed by atoms with Crippen LogP contribution < -0.4 is 0 Å². The van der Waals surface area contributed by atoms with Crippen molar-refractivity contribution in [1.29, 1.82) is 0 Å². The summed E-state index contributed by atoms with van der Waals surface area (Å²) in [6, 6.07) is 2.45. The molecule has 0 aliphatic heterocycles. The Morgan fingerprint density at radius 1 is 0.931 bits per heavy atom. The number of carbonyl (C=O) groups excluding carboxylic acids is 1. The smallest absolute Gasteiger partial charge is 0.293 e. The molecule has 1 aliphatic rings. The number of benzene rings is 1. The highest BCUT2D eigenvalue weighted by molar-refractivity contribution is 5.44. The molecule has 0 heterocycles. The first-order chi connectivity index (χ1) is 13.7. The Morgan fingerprint density at radius 3 is 2.21 bits per heavy atom. The van der Waals surface area contributed by atoms with Gasteiger partial charge in [-0.05, 0) is 112 Å². The van der Waals surface area contributed by atoms with Gasteiger partial charge >= 0.3 is 0 Å². The van der Waals surface area contributed by atoms with Gasteiger partial charge in [-0.3, -0.25) is 4.79 Å². The van der Waals surface area contributed by atoms with E-state index in [0.29, 0.717) is 11.9 Å². The molecule has 0 saturated heterocycles. The zero-order valence-corrected chi connectivity index (χ0v) is 20.0. The van der Waals surface area contributed by atoms with Crippen molar-refractivity contribution in [2.45, 2.75) is 124 Å². The molecule has 0 aromatic heterocycles. The van der Waals surface area contributed by atoms with Crippen LogP contribution in [-0.2, 0) is 22.4 Å². The minimum absolute atomic E-state index is 0.0987. The standard InChI is InChI=1S/C27H44O2/c1-21-19-24(13-9-7-8-11-15-26(4,5)6)22(2)23(3)25(21)14-10-12-16-27(17-18-27)29-20-28/h19-20H,7-18H2,1-6H3. The maximum Gasteiger partial charge on any atom is 0.293 e. The van der Waals surface area contributed by atoms with Crippen LogP contribution in [0, 0.1) is 26.2 Å². The Morgan fingerprint density at radius 2 is 1.59 bits per heavy atom. The van der Waals surface area contributed by atoms with E-state index >= 15 is 0 Å². The summed E-state index contributed by atoms with van der Waals surface area (Å²) in [5, 5.41) is 0. The van der Waals surface area contributed by atoms with Gasteiger partial charge in [0.05, 0.1) is 0 Å². The minimum Gasteiger partial charge on any atom is -0.461 e. The molecule has 2 nitrogen and oxygen atoms in total. The molecule has 0 N–H and O–H groups in total. The maximum absolute atomic E-state index is 10.6. The first-order valence-electron chi connectivity index (χ1n) is 11.9. The van der Waals surface area contributed by atoms with Crippen molar-refractivity contribution in [2.24, 2.45) is 5.41 Å². The lowest BCUT2D eigenvalue weighted by molar-refractivity contribution is -0.135. The fourth-order valence-electron chi connectivity index (χ4n) is 4.61. The highest BCUT2D eigenvalue weighted by Crippen LogP contribution is 2.43. The van der Waals surface area contributed by atoms with Crippen molar-refractivity contribution in [3.8, 4) is 0 Å². The molecule has 0 amide bonds. The zero-order chi connectivity index (χ0) is 21.5. The molecular formula is C27H44O2. The Balaban J connectivity index is 1.78. The van der Waals surface area contributed by atoms with Crippen LogP contribution in [0.25, 0.3) is 0 Å². The van der Waals surface area contributed by atoms with Crippen molar-refractivity contribution in [2.75, 3.05) is 0 Å². The van der Waals surface area contributed by atoms with Gasteiger partial charge in [-0.2, -0.15) is 0 Å². The highest BCUT2D eigenvalue weighted by Gasteiger charge is 2.44. The third-order valence-corrected chi connectivity index (χ3v) is 6.90. The van der Waals surface area contributed by atoms with Crippen molar-refractivity contribution < 1.29 is 9.53 Å². The van der Waals surface area contributed by atoms with E-state index in [2.05, 4.69) is 47.6 Å². The third kappa shape index (κ3) is 7.79. The topological polar surface area (TPSA) is 26.3 Å². The van der Waals surface area contributed by atoms with E-state index < -0.39 is 0 Å². The second-order valence-electron chi connectivity index (χ2n) is 10.7. The Kier molecular flexibility index (Phi) is 8.79. The van der Waals surface area contributed by atoms with E-state index in [-0.39, 0.29) is 5.60 Å². The number of hydrogen-bond donors (Lipinski definition) is 0. The molecule has 1 aromatic rings. The second kappa shape index (κ2) is 10.6. The van der Waals surface area contributed by atoms with Crippen LogP contribution in [-0.4, -0.2) is 12.1 Å². The van der Waals surface area contributed by atoms with Gasteiger partial charge in [0.2, 0.25) is 0 Å². The summed E-state index contributed by atoms with van der Waals surface area (Å²) in [5.74, 6) is 0. The SMILES string of the molecule is Cc1cc(CCCCCCC(C)(C)C)c(C)c(C)c1CCCCC1(OC=O)CC1. The quantitative estimate of drug-likeness (QED) is 0.252. The third-order valence-electron chi connectivity index (χ3n) is 6.90. The second-order valence-corrected chi connectivity index (χ2v) is 10.7. The summed E-state index contributed by atoms with van der Waals surface area (Å²) >= 11 is 0. The Labute approximate surface area is 179 Å². The van der Waals surface area contributed by atoms with Crippen molar-refractivity contribution in [3.63, 3.8) is 0 Å². The van der Waals surface area contributed by atoms with Crippen LogP contribution in [0.4, 0.5) is 0 Å². The fourth-order valence-corrected chi connectivity index (χ4v) is 4.61. The molecule has 0 bridgehead atoms. The number of rotatable bonds is 13. The maximum atomic E-state index is 10.6. The molecule has 1 aromatic carbocycles. The van der Waals surface area contributed by atoms with E-state index in [1.54, 1.807) is 5.56 Å². The number of hydrogen-bond acceptors (Lipinski definition) is 2. The predicted octanol–water partition coefficient (Wildman–Crippen LogP) is 7.57. The lowest BCUT2D eigenvalue weighted by Crippen LogP contribution is -2.12. The van der Waals surface area contributed by atoms with Gasteiger partial charge in [-0.25, -0.2) is 0 Å². The van der Waals surface area contributed by atoms with Gasteiger partial charge in [-0.15, -0.1) is 0 Å². The van der Waals surface area contributed by atoms with Crippen molar-refractivity contribution >= 4 is 6.47 Å². The minimum atomic E-state index is -0.0987. The molecule has 164 valence electrons. The van der Waals surface area contributed by atoms with Gasteiger partial charge in [0.25, 0.3) is 6.47 Å². The molecule has 0 radical (unpaired) electrons. The summed E-state index contributed by atoms with van der Waals surface area (Å²) in [6.07, 6.45) is 14.5. The molecule has 1 fully saturated rings. The van der Waals surface area contributed by atoms with Crippen LogP contribution in [0.2, 0.25) is 0 Å². The van der Waals surface area contributed by atoms with E-state index in [9.17, 15) is 4.79 Å². The molecule has 2 heteroatoms. The molecule has 1 aliphatic carbocycles. The lowest BCUT2D eigenvalue weighted by atomic mass is 9.88. The van der Waals surface area contributed by atoms with Gasteiger partial charge in [0, 0.05) is 0 Å². The summed E-state index contributed by atoms with van der Waals surface area (Å²) in [5.41, 5.74) is 7.93. The average Bonchev–Trinajstić information content (AvgIpc) is 3.40.